The van der Waals surface area contributed by atoms with E-state index < -0.39 is 6.04 Å². The molecule has 0 aliphatic heterocycles. The standard InChI is InChI=1S/C26H28FN5O2S/c1-18(2)13-14-28-26(34)25(23-8-5-15-35-23)31(16-19-9-11-20(27)12-10-19)24(33)17-32-22-7-4-3-6-21(22)29-30-32/h3-12,15,18,25H,13-14,16-17H2,1-2H3,(H,28,34)/t25-/m0/s1. The lowest BCUT2D eigenvalue weighted by Crippen LogP contribution is -2.44. The zero-order valence-electron chi connectivity index (χ0n) is 19.7. The minimum Gasteiger partial charge on any atom is -0.354 e. The first-order valence-corrected chi connectivity index (χ1v) is 12.4. The summed E-state index contributed by atoms with van der Waals surface area (Å²) in [5, 5.41) is 13.2. The van der Waals surface area contributed by atoms with Crippen LogP contribution in [0.2, 0.25) is 0 Å². The third kappa shape index (κ3) is 6.10. The molecule has 182 valence electrons. The molecule has 4 rings (SSSR count). The second kappa shape index (κ2) is 11.2. The Morgan fingerprint density at radius 3 is 2.57 bits per heavy atom. The Labute approximate surface area is 207 Å². The maximum absolute atomic E-state index is 13.7. The Kier molecular flexibility index (Phi) is 7.87. The highest BCUT2D eigenvalue weighted by atomic mass is 32.1. The van der Waals surface area contributed by atoms with Crippen LogP contribution in [0, 0.1) is 11.7 Å². The second-order valence-electron chi connectivity index (χ2n) is 8.78. The molecule has 0 aliphatic carbocycles. The van der Waals surface area contributed by atoms with E-state index in [0.29, 0.717) is 18.0 Å². The molecule has 0 fully saturated rings. The van der Waals surface area contributed by atoms with Crippen LogP contribution in [-0.2, 0) is 22.7 Å². The molecule has 0 unspecified atom stereocenters. The fourth-order valence-electron chi connectivity index (χ4n) is 3.81. The number of aromatic nitrogens is 3. The SMILES string of the molecule is CC(C)CCNC(=O)[C@H](c1cccs1)N(Cc1ccc(F)cc1)C(=O)Cn1nnc2ccccc21. The number of nitrogens with one attached hydrogen (secondary N) is 1. The molecule has 1 atom stereocenters. The first kappa shape index (κ1) is 24.5. The van der Waals surface area contributed by atoms with Gasteiger partial charge >= 0.3 is 0 Å². The Hall–Kier alpha value is -3.59. The first-order chi connectivity index (χ1) is 16.9. The van der Waals surface area contributed by atoms with Gasteiger partial charge in [0.2, 0.25) is 11.8 Å². The summed E-state index contributed by atoms with van der Waals surface area (Å²) >= 11 is 1.42. The van der Waals surface area contributed by atoms with Gasteiger partial charge < -0.3 is 10.2 Å². The summed E-state index contributed by atoms with van der Waals surface area (Å²) < 4.78 is 15.1. The van der Waals surface area contributed by atoms with Gasteiger partial charge in [-0.15, -0.1) is 16.4 Å². The van der Waals surface area contributed by atoms with E-state index in [9.17, 15) is 14.0 Å². The van der Waals surface area contributed by atoms with Crippen LogP contribution < -0.4 is 5.32 Å². The van der Waals surface area contributed by atoms with E-state index in [1.807, 2.05) is 41.8 Å². The molecule has 0 radical (unpaired) electrons. The number of carbonyl (C=O) groups is 2. The lowest BCUT2D eigenvalue weighted by Gasteiger charge is -2.31. The second-order valence-corrected chi connectivity index (χ2v) is 9.75. The number of benzene rings is 2. The van der Waals surface area contributed by atoms with Gasteiger partial charge in [-0.2, -0.15) is 0 Å². The molecular formula is C26H28FN5O2S. The van der Waals surface area contributed by atoms with Crippen molar-refractivity contribution < 1.29 is 14.0 Å². The van der Waals surface area contributed by atoms with Crippen LogP contribution in [0.1, 0.15) is 36.8 Å². The average molecular weight is 494 g/mol. The largest absolute Gasteiger partial charge is 0.354 e. The van der Waals surface area contributed by atoms with Crippen molar-refractivity contribution in [3.05, 3.63) is 82.3 Å². The molecule has 4 aromatic rings. The van der Waals surface area contributed by atoms with Crippen molar-refractivity contribution >= 4 is 34.2 Å². The minimum absolute atomic E-state index is 0.0805. The molecule has 0 saturated heterocycles. The van der Waals surface area contributed by atoms with Crippen LogP contribution in [0.25, 0.3) is 11.0 Å². The topological polar surface area (TPSA) is 80.1 Å². The summed E-state index contributed by atoms with van der Waals surface area (Å²) in [5.74, 6) is -0.454. The van der Waals surface area contributed by atoms with Crippen LogP contribution in [0.4, 0.5) is 4.39 Å². The van der Waals surface area contributed by atoms with Gasteiger partial charge in [0.1, 0.15) is 23.9 Å². The Morgan fingerprint density at radius 2 is 1.86 bits per heavy atom. The predicted octanol–water partition coefficient (Wildman–Crippen LogP) is 4.56. The third-order valence-electron chi connectivity index (χ3n) is 5.69. The van der Waals surface area contributed by atoms with Gasteiger partial charge in [-0.25, -0.2) is 9.07 Å². The number of nitrogens with zero attached hydrogens (tertiary/aromatic N) is 4. The van der Waals surface area contributed by atoms with E-state index in [1.165, 1.54) is 28.2 Å². The fraction of sp³-hybridized carbons (Fsp3) is 0.308. The molecule has 9 heteroatoms. The summed E-state index contributed by atoms with van der Waals surface area (Å²) in [6.07, 6.45) is 0.833. The molecular weight excluding hydrogens is 465 g/mol. The summed E-state index contributed by atoms with van der Waals surface area (Å²) in [6.45, 7) is 4.77. The summed E-state index contributed by atoms with van der Waals surface area (Å²) in [5.41, 5.74) is 2.14. The summed E-state index contributed by atoms with van der Waals surface area (Å²) in [4.78, 5) is 29.5. The lowest BCUT2D eigenvalue weighted by molar-refractivity contribution is -0.142. The number of para-hydroxylation sites is 1. The van der Waals surface area contributed by atoms with Crippen molar-refractivity contribution in [2.24, 2.45) is 5.92 Å². The fourth-order valence-corrected chi connectivity index (χ4v) is 4.65. The monoisotopic (exact) mass is 493 g/mol. The number of thiophene rings is 1. The molecule has 2 amide bonds. The number of amides is 2. The Bertz CT molecular complexity index is 1270. The maximum atomic E-state index is 13.7. The van der Waals surface area contributed by atoms with Crippen molar-refractivity contribution in [2.75, 3.05) is 6.54 Å². The first-order valence-electron chi connectivity index (χ1n) is 11.6. The molecule has 0 saturated carbocycles. The molecule has 1 N–H and O–H groups in total. The van der Waals surface area contributed by atoms with Gasteiger partial charge in [0.05, 0.1) is 5.52 Å². The van der Waals surface area contributed by atoms with Crippen molar-refractivity contribution in [1.29, 1.82) is 0 Å². The maximum Gasteiger partial charge on any atom is 0.248 e. The molecule has 0 bridgehead atoms. The molecule has 2 aromatic carbocycles. The average Bonchev–Trinajstić information content (AvgIpc) is 3.50. The molecule has 35 heavy (non-hydrogen) atoms. The quantitative estimate of drug-likeness (QED) is 0.351. The highest BCUT2D eigenvalue weighted by Gasteiger charge is 2.32. The zero-order chi connectivity index (χ0) is 24.8. The molecule has 7 nitrogen and oxygen atoms in total. The van der Waals surface area contributed by atoms with Crippen LogP contribution >= 0.6 is 11.3 Å². The van der Waals surface area contributed by atoms with Gasteiger partial charge in [-0.05, 0) is 53.6 Å². The van der Waals surface area contributed by atoms with E-state index in [0.717, 1.165) is 22.4 Å². The summed E-state index contributed by atoms with van der Waals surface area (Å²) in [7, 11) is 0. The number of carbonyl (C=O) groups excluding carboxylic acids is 2. The van der Waals surface area contributed by atoms with Crippen LogP contribution in [0.3, 0.4) is 0 Å². The number of hydrogen-bond donors (Lipinski definition) is 1. The van der Waals surface area contributed by atoms with Crippen molar-refractivity contribution in [1.82, 2.24) is 25.2 Å². The number of rotatable bonds is 10. The number of hydrogen-bond acceptors (Lipinski definition) is 5. The van der Waals surface area contributed by atoms with E-state index in [1.54, 1.807) is 17.0 Å². The smallest absolute Gasteiger partial charge is 0.248 e. The minimum atomic E-state index is -0.825. The van der Waals surface area contributed by atoms with E-state index in [2.05, 4.69) is 29.5 Å². The highest BCUT2D eigenvalue weighted by molar-refractivity contribution is 7.10. The van der Waals surface area contributed by atoms with Crippen molar-refractivity contribution in [3.8, 4) is 0 Å². The van der Waals surface area contributed by atoms with Gasteiger partial charge in [0.15, 0.2) is 0 Å². The molecule has 2 aromatic heterocycles. The highest BCUT2D eigenvalue weighted by Crippen LogP contribution is 2.28. The van der Waals surface area contributed by atoms with Gasteiger partial charge in [-0.3, -0.25) is 9.59 Å². The normalized spacial score (nSPS) is 12.1. The van der Waals surface area contributed by atoms with Crippen LogP contribution in [0.15, 0.2) is 66.0 Å². The predicted molar refractivity (Wildman–Crippen MR) is 134 cm³/mol. The van der Waals surface area contributed by atoms with E-state index >= 15 is 0 Å². The molecule has 0 spiro atoms. The zero-order valence-corrected chi connectivity index (χ0v) is 20.5. The summed E-state index contributed by atoms with van der Waals surface area (Å²) in [6, 6.07) is 16.3. The van der Waals surface area contributed by atoms with E-state index in [-0.39, 0.29) is 30.7 Å². The molecule has 2 heterocycles. The lowest BCUT2D eigenvalue weighted by atomic mass is 10.1. The number of halogens is 1. The van der Waals surface area contributed by atoms with E-state index in [4.69, 9.17) is 0 Å². The van der Waals surface area contributed by atoms with Crippen LogP contribution in [-0.4, -0.2) is 38.3 Å². The Balaban J connectivity index is 1.66. The van der Waals surface area contributed by atoms with Gasteiger partial charge in [0, 0.05) is 18.0 Å². The van der Waals surface area contributed by atoms with Crippen molar-refractivity contribution in [3.63, 3.8) is 0 Å². The van der Waals surface area contributed by atoms with Crippen LogP contribution in [0.5, 0.6) is 0 Å². The number of fused-ring (bicyclic) bond motifs is 1. The molecule has 0 aliphatic rings. The van der Waals surface area contributed by atoms with Crippen molar-refractivity contribution in [2.45, 2.75) is 39.4 Å². The van der Waals surface area contributed by atoms with Gasteiger partial charge in [-0.1, -0.05) is 49.4 Å². The van der Waals surface area contributed by atoms with Gasteiger partial charge in [0.25, 0.3) is 0 Å². The third-order valence-corrected chi connectivity index (χ3v) is 6.61. The Morgan fingerprint density at radius 1 is 1.09 bits per heavy atom.